The number of halogens is 1. The molecule has 0 saturated carbocycles. The lowest BCUT2D eigenvalue weighted by Gasteiger charge is -2.19. The van der Waals surface area contributed by atoms with Crippen LogP contribution < -0.4 is 19.7 Å². The van der Waals surface area contributed by atoms with Gasteiger partial charge < -0.3 is 19.7 Å². The second kappa shape index (κ2) is 7.66. The smallest absolute Gasteiger partial charge is 0.229 e. The van der Waals surface area contributed by atoms with Crippen molar-refractivity contribution in [3.8, 4) is 11.5 Å². The van der Waals surface area contributed by atoms with Crippen LogP contribution in [0.2, 0.25) is 5.02 Å². The van der Waals surface area contributed by atoms with Gasteiger partial charge in [-0.25, -0.2) is 0 Å². The molecule has 2 aromatic rings. The molecule has 0 aliphatic carbocycles. The number of anilines is 2. The van der Waals surface area contributed by atoms with Gasteiger partial charge in [-0.3, -0.25) is 9.59 Å². The zero-order valence-corrected chi connectivity index (χ0v) is 15.2. The van der Waals surface area contributed by atoms with Crippen LogP contribution in [0.15, 0.2) is 42.5 Å². The largest absolute Gasteiger partial charge is 0.495 e. The molecule has 0 bridgehead atoms. The summed E-state index contributed by atoms with van der Waals surface area (Å²) in [6, 6.07) is 12.3. The molecule has 1 fully saturated rings. The van der Waals surface area contributed by atoms with E-state index in [1.54, 1.807) is 42.3 Å². The van der Waals surface area contributed by atoms with E-state index in [4.69, 9.17) is 21.1 Å². The maximum atomic E-state index is 12.6. The normalized spacial score (nSPS) is 16.5. The molecule has 6 nitrogen and oxygen atoms in total. The molecule has 2 aromatic carbocycles. The molecule has 1 saturated heterocycles. The van der Waals surface area contributed by atoms with Crippen LogP contribution in [-0.2, 0) is 9.59 Å². The zero-order valence-electron chi connectivity index (χ0n) is 14.5. The minimum Gasteiger partial charge on any atom is -0.495 e. The summed E-state index contributed by atoms with van der Waals surface area (Å²) in [4.78, 5) is 26.5. The quantitative estimate of drug-likeness (QED) is 0.871. The number of nitrogens with zero attached hydrogens (tertiary/aromatic N) is 1. The number of carbonyl (C=O) groups excluding carboxylic acids is 2. The first-order chi connectivity index (χ1) is 12.5. The summed E-state index contributed by atoms with van der Waals surface area (Å²) >= 11 is 6.08. The second-order valence-corrected chi connectivity index (χ2v) is 6.32. The number of hydrogen-bond donors (Lipinski definition) is 1. The third-order valence-electron chi connectivity index (χ3n) is 4.29. The van der Waals surface area contributed by atoms with Crippen LogP contribution >= 0.6 is 11.6 Å². The highest BCUT2D eigenvalue weighted by atomic mass is 35.5. The lowest BCUT2D eigenvalue weighted by atomic mass is 10.1. The van der Waals surface area contributed by atoms with Gasteiger partial charge in [0.1, 0.15) is 11.5 Å². The van der Waals surface area contributed by atoms with E-state index in [-0.39, 0.29) is 18.2 Å². The lowest BCUT2D eigenvalue weighted by molar-refractivity contribution is -0.122. The van der Waals surface area contributed by atoms with Gasteiger partial charge in [-0.1, -0.05) is 23.7 Å². The number of nitrogens with one attached hydrogen (secondary N) is 1. The first-order valence-corrected chi connectivity index (χ1v) is 8.49. The standard InChI is InChI=1S/C19H19ClN2O4/c1-25-16-8-7-13(10-14(16)20)21-19(24)12-9-18(23)22(11-12)15-5-3-4-6-17(15)26-2/h3-8,10,12H,9,11H2,1-2H3,(H,21,24)/t12-/m1/s1. The van der Waals surface area contributed by atoms with Crippen molar-refractivity contribution in [2.75, 3.05) is 31.0 Å². The van der Waals surface area contributed by atoms with E-state index >= 15 is 0 Å². The summed E-state index contributed by atoms with van der Waals surface area (Å²) in [5.41, 5.74) is 1.23. The molecule has 1 heterocycles. The van der Waals surface area contributed by atoms with Gasteiger partial charge in [-0.15, -0.1) is 0 Å². The third-order valence-corrected chi connectivity index (χ3v) is 4.59. The minimum atomic E-state index is -0.451. The van der Waals surface area contributed by atoms with Crippen LogP contribution in [-0.4, -0.2) is 32.6 Å². The highest BCUT2D eigenvalue weighted by Gasteiger charge is 2.36. The third kappa shape index (κ3) is 3.60. The first-order valence-electron chi connectivity index (χ1n) is 8.11. The topological polar surface area (TPSA) is 67.9 Å². The summed E-state index contributed by atoms with van der Waals surface area (Å²) in [7, 11) is 3.08. The second-order valence-electron chi connectivity index (χ2n) is 5.92. The molecule has 1 aliphatic heterocycles. The molecule has 2 amide bonds. The predicted molar refractivity (Wildman–Crippen MR) is 100 cm³/mol. The van der Waals surface area contributed by atoms with Crippen molar-refractivity contribution in [1.82, 2.24) is 0 Å². The Morgan fingerprint density at radius 1 is 1.15 bits per heavy atom. The Morgan fingerprint density at radius 3 is 2.58 bits per heavy atom. The summed E-state index contributed by atoms with van der Waals surface area (Å²) in [5, 5.41) is 3.21. The van der Waals surface area contributed by atoms with Crippen molar-refractivity contribution in [1.29, 1.82) is 0 Å². The average molecular weight is 375 g/mol. The Labute approximate surface area is 156 Å². The van der Waals surface area contributed by atoms with E-state index in [9.17, 15) is 9.59 Å². The number of rotatable bonds is 5. The van der Waals surface area contributed by atoms with Gasteiger partial charge in [0.25, 0.3) is 0 Å². The lowest BCUT2D eigenvalue weighted by Crippen LogP contribution is -2.28. The average Bonchev–Trinajstić information content (AvgIpc) is 3.03. The molecular formula is C19H19ClN2O4. The molecule has 1 N–H and O–H groups in total. The molecule has 7 heteroatoms. The van der Waals surface area contributed by atoms with Crippen molar-refractivity contribution in [3.05, 3.63) is 47.5 Å². The van der Waals surface area contributed by atoms with Gasteiger partial charge in [0, 0.05) is 18.7 Å². The van der Waals surface area contributed by atoms with Crippen molar-refractivity contribution in [2.45, 2.75) is 6.42 Å². The van der Waals surface area contributed by atoms with E-state index in [0.717, 1.165) is 0 Å². The SMILES string of the molecule is COc1ccc(NC(=O)[C@@H]2CC(=O)N(c3ccccc3OC)C2)cc1Cl. The molecule has 0 radical (unpaired) electrons. The number of amides is 2. The van der Waals surface area contributed by atoms with Gasteiger partial charge in [-0.2, -0.15) is 0 Å². The van der Waals surface area contributed by atoms with Crippen molar-refractivity contribution in [2.24, 2.45) is 5.92 Å². The Kier molecular flexibility index (Phi) is 5.32. The Bertz CT molecular complexity index is 840. The number of para-hydroxylation sites is 2. The molecule has 0 spiro atoms. The molecule has 1 aliphatic rings. The van der Waals surface area contributed by atoms with E-state index in [1.807, 2.05) is 12.1 Å². The van der Waals surface area contributed by atoms with E-state index in [1.165, 1.54) is 7.11 Å². The van der Waals surface area contributed by atoms with Crippen LogP contribution in [0.4, 0.5) is 11.4 Å². The van der Waals surface area contributed by atoms with Gasteiger partial charge in [-0.05, 0) is 30.3 Å². The number of methoxy groups -OCH3 is 2. The molecule has 136 valence electrons. The maximum Gasteiger partial charge on any atom is 0.229 e. The molecule has 3 rings (SSSR count). The summed E-state index contributed by atoms with van der Waals surface area (Å²) in [5.74, 6) is 0.347. The molecule has 26 heavy (non-hydrogen) atoms. The maximum absolute atomic E-state index is 12.6. The summed E-state index contributed by atoms with van der Waals surface area (Å²) < 4.78 is 10.4. The number of benzene rings is 2. The highest BCUT2D eigenvalue weighted by Crippen LogP contribution is 2.33. The molecule has 0 unspecified atom stereocenters. The fourth-order valence-electron chi connectivity index (χ4n) is 2.96. The van der Waals surface area contributed by atoms with Crippen LogP contribution in [0.25, 0.3) is 0 Å². The van der Waals surface area contributed by atoms with Gasteiger partial charge in [0.15, 0.2) is 0 Å². The van der Waals surface area contributed by atoms with Crippen LogP contribution in [0.1, 0.15) is 6.42 Å². The highest BCUT2D eigenvalue weighted by molar-refractivity contribution is 6.32. The molecular weight excluding hydrogens is 356 g/mol. The van der Waals surface area contributed by atoms with E-state index in [0.29, 0.717) is 34.4 Å². The predicted octanol–water partition coefficient (Wildman–Crippen LogP) is 3.35. The Hall–Kier alpha value is -2.73. The minimum absolute atomic E-state index is 0.109. The first kappa shape index (κ1) is 18.1. The fraction of sp³-hybridized carbons (Fsp3) is 0.263. The Morgan fingerprint density at radius 2 is 1.88 bits per heavy atom. The van der Waals surface area contributed by atoms with Crippen LogP contribution in [0, 0.1) is 5.92 Å². The van der Waals surface area contributed by atoms with Gasteiger partial charge >= 0.3 is 0 Å². The summed E-state index contributed by atoms with van der Waals surface area (Å²) in [6.45, 7) is 0.301. The van der Waals surface area contributed by atoms with Gasteiger partial charge in [0.2, 0.25) is 11.8 Å². The summed E-state index contributed by atoms with van der Waals surface area (Å²) in [6.07, 6.45) is 0.147. The number of carbonyl (C=O) groups is 2. The molecule has 0 aromatic heterocycles. The monoisotopic (exact) mass is 374 g/mol. The van der Waals surface area contributed by atoms with E-state index < -0.39 is 5.92 Å². The number of hydrogen-bond acceptors (Lipinski definition) is 4. The number of ether oxygens (including phenoxy) is 2. The Balaban J connectivity index is 1.72. The zero-order chi connectivity index (χ0) is 18.7. The van der Waals surface area contributed by atoms with E-state index in [2.05, 4.69) is 5.32 Å². The van der Waals surface area contributed by atoms with Crippen molar-refractivity contribution < 1.29 is 19.1 Å². The molecule has 1 atom stereocenters. The fourth-order valence-corrected chi connectivity index (χ4v) is 3.21. The van der Waals surface area contributed by atoms with Crippen LogP contribution in [0.5, 0.6) is 11.5 Å². The van der Waals surface area contributed by atoms with Gasteiger partial charge in [0.05, 0.1) is 30.8 Å². The van der Waals surface area contributed by atoms with Crippen molar-refractivity contribution in [3.63, 3.8) is 0 Å². The van der Waals surface area contributed by atoms with Crippen molar-refractivity contribution >= 4 is 34.8 Å². The van der Waals surface area contributed by atoms with Crippen LogP contribution in [0.3, 0.4) is 0 Å².